The number of nitrogens with one attached hydrogen (secondary N) is 1. The molecule has 3 aromatic rings. The van der Waals surface area contributed by atoms with Crippen LogP contribution in [0, 0.1) is 0 Å². The van der Waals surface area contributed by atoms with Crippen LogP contribution in [-0.4, -0.2) is 36.0 Å². The van der Waals surface area contributed by atoms with Gasteiger partial charge in [-0.1, -0.05) is 24.3 Å². The van der Waals surface area contributed by atoms with Gasteiger partial charge in [-0.15, -0.1) is 0 Å². The summed E-state index contributed by atoms with van der Waals surface area (Å²) in [6, 6.07) is 15.7. The van der Waals surface area contributed by atoms with Crippen LogP contribution < -0.4 is 4.74 Å². The Morgan fingerprint density at radius 2 is 2.08 bits per heavy atom. The largest absolute Gasteiger partial charge is 0.497 e. The quantitative estimate of drug-likeness (QED) is 0.797. The van der Waals surface area contributed by atoms with Crippen LogP contribution >= 0.6 is 0 Å². The number of methoxy groups -OCH3 is 1. The number of benzene rings is 2. The first kappa shape index (κ1) is 14.8. The molecule has 0 aliphatic carbocycles. The lowest BCUT2D eigenvalue weighted by molar-refractivity contribution is 0.0790. The molecule has 1 atom stereocenters. The predicted molar refractivity (Wildman–Crippen MR) is 94.6 cm³/mol. The van der Waals surface area contributed by atoms with Gasteiger partial charge in [0.25, 0.3) is 5.91 Å². The summed E-state index contributed by atoms with van der Waals surface area (Å²) in [5.74, 6) is 1.18. The van der Waals surface area contributed by atoms with Crippen molar-refractivity contribution in [1.82, 2.24) is 9.88 Å². The van der Waals surface area contributed by atoms with E-state index in [2.05, 4.69) is 29.4 Å². The van der Waals surface area contributed by atoms with E-state index < -0.39 is 0 Å². The standard InChI is InChI=1S/C20H20N2O2/c1-24-16-6-4-5-14(11-16)20(23)22-10-9-15(13-22)18-12-21-19-8-3-2-7-17(18)19/h2-8,11-12,15,21H,9-10,13H2,1H3. The third-order valence-electron chi connectivity index (χ3n) is 4.85. The molecule has 1 amide bonds. The Labute approximate surface area is 141 Å². The summed E-state index contributed by atoms with van der Waals surface area (Å²) in [4.78, 5) is 18.0. The number of rotatable bonds is 3. The first-order valence-corrected chi connectivity index (χ1v) is 8.25. The van der Waals surface area contributed by atoms with E-state index >= 15 is 0 Å². The number of hydrogen-bond donors (Lipinski definition) is 1. The van der Waals surface area contributed by atoms with Crippen LogP contribution in [0.3, 0.4) is 0 Å². The van der Waals surface area contributed by atoms with Crippen LogP contribution in [0.5, 0.6) is 5.75 Å². The summed E-state index contributed by atoms with van der Waals surface area (Å²) < 4.78 is 5.22. The molecule has 1 aliphatic heterocycles. The summed E-state index contributed by atoms with van der Waals surface area (Å²) in [5, 5.41) is 1.26. The topological polar surface area (TPSA) is 45.3 Å². The fourth-order valence-corrected chi connectivity index (χ4v) is 3.57. The molecule has 0 saturated carbocycles. The molecule has 1 fully saturated rings. The Kier molecular flexibility index (Phi) is 3.73. The Balaban J connectivity index is 1.54. The van der Waals surface area contributed by atoms with E-state index in [4.69, 9.17) is 4.74 Å². The van der Waals surface area contributed by atoms with Crippen molar-refractivity contribution >= 4 is 16.8 Å². The number of nitrogens with zero attached hydrogens (tertiary/aromatic N) is 1. The van der Waals surface area contributed by atoms with Crippen molar-refractivity contribution in [3.63, 3.8) is 0 Å². The number of aromatic amines is 1. The molecule has 0 bridgehead atoms. The minimum Gasteiger partial charge on any atom is -0.497 e. The highest BCUT2D eigenvalue weighted by molar-refractivity contribution is 5.95. The van der Waals surface area contributed by atoms with Crippen LogP contribution in [0.25, 0.3) is 10.9 Å². The molecule has 0 radical (unpaired) electrons. The number of para-hydroxylation sites is 1. The first-order chi connectivity index (χ1) is 11.8. The van der Waals surface area contributed by atoms with Gasteiger partial charge >= 0.3 is 0 Å². The number of amides is 1. The van der Waals surface area contributed by atoms with E-state index in [1.807, 2.05) is 29.2 Å². The zero-order valence-electron chi connectivity index (χ0n) is 13.7. The first-order valence-electron chi connectivity index (χ1n) is 8.25. The Morgan fingerprint density at radius 3 is 2.96 bits per heavy atom. The van der Waals surface area contributed by atoms with Gasteiger partial charge in [-0.2, -0.15) is 0 Å². The lowest BCUT2D eigenvalue weighted by Gasteiger charge is -2.17. The van der Waals surface area contributed by atoms with Crippen molar-refractivity contribution in [2.24, 2.45) is 0 Å². The van der Waals surface area contributed by atoms with Crippen LogP contribution in [0.15, 0.2) is 54.7 Å². The number of fused-ring (bicyclic) bond motifs is 1. The SMILES string of the molecule is COc1cccc(C(=O)N2CCC(c3c[nH]c4ccccc34)C2)c1. The molecular weight excluding hydrogens is 300 g/mol. The van der Waals surface area contributed by atoms with Crippen molar-refractivity contribution in [2.75, 3.05) is 20.2 Å². The van der Waals surface area contributed by atoms with Gasteiger partial charge in [0, 0.05) is 41.7 Å². The number of H-pyrrole nitrogens is 1. The molecule has 4 heteroatoms. The Morgan fingerprint density at radius 1 is 1.21 bits per heavy atom. The van der Waals surface area contributed by atoms with E-state index in [0.717, 1.165) is 25.0 Å². The minimum absolute atomic E-state index is 0.0799. The number of carbonyl (C=O) groups is 1. The highest BCUT2D eigenvalue weighted by atomic mass is 16.5. The van der Waals surface area contributed by atoms with Crippen LogP contribution in [0.1, 0.15) is 28.3 Å². The summed E-state index contributed by atoms with van der Waals surface area (Å²) in [6.45, 7) is 1.55. The number of likely N-dealkylation sites (tertiary alicyclic amines) is 1. The second-order valence-electron chi connectivity index (χ2n) is 6.26. The zero-order valence-corrected chi connectivity index (χ0v) is 13.7. The van der Waals surface area contributed by atoms with E-state index in [0.29, 0.717) is 17.2 Å². The second-order valence-corrected chi connectivity index (χ2v) is 6.26. The van der Waals surface area contributed by atoms with Crippen molar-refractivity contribution in [1.29, 1.82) is 0 Å². The van der Waals surface area contributed by atoms with Gasteiger partial charge < -0.3 is 14.6 Å². The van der Waals surface area contributed by atoms with Crippen molar-refractivity contribution < 1.29 is 9.53 Å². The third-order valence-corrected chi connectivity index (χ3v) is 4.85. The molecule has 0 spiro atoms. The summed E-state index contributed by atoms with van der Waals surface area (Å²) in [5.41, 5.74) is 3.16. The fraction of sp³-hybridized carbons (Fsp3) is 0.250. The molecule has 1 saturated heterocycles. The molecule has 122 valence electrons. The summed E-state index contributed by atoms with van der Waals surface area (Å²) >= 11 is 0. The van der Waals surface area contributed by atoms with Crippen LogP contribution in [-0.2, 0) is 0 Å². The van der Waals surface area contributed by atoms with Crippen molar-refractivity contribution in [3.05, 3.63) is 65.9 Å². The molecule has 24 heavy (non-hydrogen) atoms. The average Bonchev–Trinajstić information content (AvgIpc) is 3.27. The molecular formula is C20H20N2O2. The van der Waals surface area contributed by atoms with Gasteiger partial charge in [0.2, 0.25) is 0 Å². The number of aromatic nitrogens is 1. The molecule has 4 nitrogen and oxygen atoms in total. The van der Waals surface area contributed by atoms with Crippen molar-refractivity contribution in [2.45, 2.75) is 12.3 Å². The maximum Gasteiger partial charge on any atom is 0.254 e. The van der Waals surface area contributed by atoms with E-state index in [1.165, 1.54) is 10.9 Å². The van der Waals surface area contributed by atoms with Crippen molar-refractivity contribution in [3.8, 4) is 5.75 Å². The lowest BCUT2D eigenvalue weighted by atomic mass is 9.98. The van der Waals surface area contributed by atoms with E-state index in [1.54, 1.807) is 13.2 Å². The minimum atomic E-state index is 0.0799. The molecule has 2 heterocycles. The summed E-state index contributed by atoms with van der Waals surface area (Å²) in [7, 11) is 1.62. The highest BCUT2D eigenvalue weighted by Gasteiger charge is 2.29. The number of hydrogen-bond acceptors (Lipinski definition) is 2. The highest BCUT2D eigenvalue weighted by Crippen LogP contribution is 2.33. The predicted octanol–water partition coefficient (Wildman–Crippen LogP) is 3.81. The maximum absolute atomic E-state index is 12.8. The maximum atomic E-state index is 12.8. The van der Waals surface area contributed by atoms with Crippen LogP contribution in [0.2, 0.25) is 0 Å². The second kappa shape index (κ2) is 6.04. The normalized spacial score (nSPS) is 17.4. The van der Waals surface area contributed by atoms with Gasteiger partial charge in [-0.05, 0) is 36.2 Å². The molecule has 1 aromatic heterocycles. The Hall–Kier alpha value is -2.75. The Bertz CT molecular complexity index is 884. The zero-order chi connectivity index (χ0) is 16.5. The molecule has 1 unspecified atom stereocenters. The lowest BCUT2D eigenvalue weighted by Crippen LogP contribution is -2.28. The average molecular weight is 320 g/mol. The van der Waals surface area contributed by atoms with Gasteiger partial charge in [0.1, 0.15) is 5.75 Å². The van der Waals surface area contributed by atoms with Gasteiger partial charge in [-0.3, -0.25) is 4.79 Å². The molecule has 1 N–H and O–H groups in total. The molecule has 4 rings (SSSR count). The smallest absolute Gasteiger partial charge is 0.254 e. The summed E-state index contributed by atoms with van der Waals surface area (Å²) in [6.07, 6.45) is 3.09. The fourth-order valence-electron chi connectivity index (χ4n) is 3.57. The van der Waals surface area contributed by atoms with Gasteiger partial charge in [-0.25, -0.2) is 0 Å². The van der Waals surface area contributed by atoms with E-state index in [9.17, 15) is 4.79 Å². The third kappa shape index (κ3) is 2.54. The number of carbonyl (C=O) groups excluding carboxylic acids is 1. The molecule has 2 aromatic carbocycles. The number of ether oxygens (including phenoxy) is 1. The van der Waals surface area contributed by atoms with E-state index in [-0.39, 0.29) is 5.91 Å². The van der Waals surface area contributed by atoms with Gasteiger partial charge in [0.05, 0.1) is 7.11 Å². The van der Waals surface area contributed by atoms with Gasteiger partial charge in [0.15, 0.2) is 0 Å². The monoisotopic (exact) mass is 320 g/mol. The molecule has 1 aliphatic rings. The van der Waals surface area contributed by atoms with Crippen LogP contribution in [0.4, 0.5) is 0 Å².